The Labute approximate surface area is 312 Å². The summed E-state index contributed by atoms with van der Waals surface area (Å²) in [7, 11) is 0. The van der Waals surface area contributed by atoms with Crippen LogP contribution in [0.15, 0.2) is 111 Å². The average molecular weight is 896 g/mol. The molecule has 1 aromatic heterocycles. The zero-order valence-electron chi connectivity index (χ0n) is 25.8. The van der Waals surface area contributed by atoms with Gasteiger partial charge in [0.15, 0.2) is 4.80 Å². The second-order valence-electron chi connectivity index (χ2n) is 10.6. The summed E-state index contributed by atoms with van der Waals surface area (Å²) in [5.41, 5.74) is 4.32. The van der Waals surface area contributed by atoms with E-state index in [4.69, 9.17) is 19.7 Å². The first-order valence-electron chi connectivity index (χ1n) is 14.8. The minimum atomic E-state index is -0.753. The number of aromatic nitrogens is 1. The van der Waals surface area contributed by atoms with Gasteiger partial charge >= 0.3 is 5.97 Å². The van der Waals surface area contributed by atoms with Crippen molar-refractivity contribution in [2.45, 2.75) is 24.5 Å². The van der Waals surface area contributed by atoms with Gasteiger partial charge in [-0.15, -0.1) is 11.8 Å². The molecule has 0 amide bonds. The number of benzene rings is 4. The third kappa shape index (κ3) is 7.17. The van der Waals surface area contributed by atoms with Crippen LogP contribution in [0.25, 0.3) is 11.8 Å². The number of ether oxygens (including phenoxy) is 2. The first-order valence-corrected chi connectivity index (χ1v) is 19.0. The Morgan fingerprint density at radius 3 is 2.46 bits per heavy atom. The van der Waals surface area contributed by atoms with Crippen LogP contribution in [0.3, 0.4) is 0 Å². The highest BCUT2D eigenvalue weighted by atomic mass is 127. The number of nitrogens with zero attached hydrogens (tertiary/aromatic N) is 3. The Hall–Kier alpha value is -3.71. The number of nitriles is 1. The minimum Gasteiger partial charge on any atom is -0.487 e. The van der Waals surface area contributed by atoms with Crippen molar-refractivity contribution in [2.24, 2.45) is 4.99 Å². The smallest absolute Gasteiger partial charge is 0.338 e. The van der Waals surface area contributed by atoms with E-state index in [9.17, 15) is 9.59 Å². The number of esters is 1. The van der Waals surface area contributed by atoms with E-state index in [1.165, 1.54) is 11.3 Å². The van der Waals surface area contributed by atoms with Gasteiger partial charge in [0.25, 0.3) is 5.56 Å². The van der Waals surface area contributed by atoms with E-state index >= 15 is 0 Å². The monoisotopic (exact) mass is 895 g/mol. The van der Waals surface area contributed by atoms with Gasteiger partial charge in [-0.3, -0.25) is 9.36 Å². The fourth-order valence-electron chi connectivity index (χ4n) is 5.35. The molecule has 11 heteroatoms. The Morgan fingerprint density at radius 2 is 1.79 bits per heavy atom. The molecule has 0 radical (unpaired) electrons. The molecule has 0 aliphatic carbocycles. The SMILES string of the molecule is CCOC(=O)C1=C(c2ccccc2)N=c2s/c(=C\c3cc(I)cc(I)c3OCc3ccc(C#N)cc3)c(=O)n2[C@H]1c1ccc(SC)cc1. The van der Waals surface area contributed by atoms with Gasteiger partial charge in [-0.1, -0.05) is 65.9 Å². The molecule has 6 rings (SSSR count). The van der Waals surface area contributed by atoms with Crippen LogP contribution in [-0.4, -0.2) is 23.4 Å². The van der Waals surface area contributed by atoms with Crippen molar-refractivity contribution >= 4 is 86.0 Å². The van der Waals surface area contributed by atoms with E-state index < -0.39 is 12.0 Å². The molecule has 0 N–H and O–H groups in total. The van der Waals surface area contributed by atoms with Crippen LogP contribution in [0.1, 0.15) is 40.8 Å². The highest BCUT2D eigenvalue weighted by Gasteiger charge is 2.35. The molecule has 4 aromatic carbocycles. The highest BCUT2D eigenvalue weighted by molar-refractivity contribution is 14.1. The number of thiazole rings is 1. The molecule has 240 valence electrons. The van der Waals surface area contributed by atoms with Crippen molar-refractivity contribution in [3.8, 4) is 11.8 Å². The first kappa shape index (κ1) is 34.2. The van der Waals surface area contributed by atoms with Gasteiger partial charge in [0, 0.05) is 19.6 Å². The Balaban J connectivity index is 1.54. The standard InChI is InChI=1S/C37H27I2N3O4S2/c1-3-45-36(44)31-32(24-7-5-4-6-8-24)41-37-42(33(31)25-13-15-28(47-2)16-14-25)35(43)30(48-37)18-26-17-27(38)19-29(39)34(26)46-21-23-11-9-22(20-40)10-12-23/h4-19,33H,3,21H2,1-2H3/b30-18-/t33-/m0/s1. The lowest BCUT2D eigenvalue weighted by atomic mass is 9.93. The molecule has 48 heavy (non-hydrogen) atoms. The predicted octanol–water partition coefficient (Wildman–Crippen LogP) is 7.32. The Morgan fingerprint density at radius 1 is 1.06 bits per heavy atom. The summed E-state index contributed by atoms with van der Waals surface area (Å²) in [6.45, 7) is 2.24. The highest BCUT2D eigenvalue weighted by Crippen LogP contribution is 2.36. The molecule has 0 saturated carbocycles. The number of rotatable bonds is 9. The van der Waals surface area contributed by atoms with E-state index in [2.05, 4.69) is 51.3 Å². The van der Waals surface area contributed by atoms with Crippen molar-refractivity contribution in [1.29, 1.82) is 5.26 Å². The molecule has 7 nitrogen and oxygen atoms in total. The summed E-state index contributed by atoms with van der Waals surface area (Å²) in [6, 6.07) is 30.1. The topological polar surface area (TPSA) is 93.7 Å². The second-order valence-corrected chi connectivity index (χ2v) is 14.9. The van der Waals surface area contributed by atoms with Crippen LogP contribution >= 0.6 is 68.3 Å². The number of halogens is 2. The summed E-state index contributed by atoms with van der Waals surface area (Å²) in [5, 5.41) is 9.15. The van der Waals surface area contributed by atoms with Crippen molar-refractivity contribution in [2.75, 3.05) is 12.9 Å². The van der Waals surface area contributed by atoms with Crippen molar-refractivity contribution < 1.29 is 14.3 Å². The molecule has 2 heterocycles. The molecule has 0 spiro atoms. The van der Waals surface area contributed by atoms with Crippen LogP contribution in [0.4, 0.5) is 0 Å². The zero-order valence-corrected chi connectivity index (χ0v) is 31.7. The number of fused-ring (bicyclic) bond motifs is 1. The molecule has 0 saturated heterocycles. The van der Waals surface area contributed by atoms with Gasteiger partial charge in [-0.25, -0.2) is 9.79 Å². The Kier molecular flexibility index (Phi) is 10.8. The van der Waals surface area contributed by atoms with Gasteiger partial charge < -0.3 is 9.47 Å². The van der Waals surface area contributed by atoms with Gasteiger partial charge in [0.05, 0.1) is 43.7 Å². The number of hydrogen-bond acceptors (Lipinski definition) is 8. The van der Waals surface area contributed by atoms with Crippen LogP contribution in [0, 0.1) is 18.5 Å². The maximum absolute atomic E-state index is 14.4. The maximum Gasteiger partial charge on any atom is 0.338 e. The van der Waals surface area contributed by atoms with E-state index in [0.717, 1.165) is 34.3 Å². The molecule has 1 atom stereocenters. The normalized spacial score (nSPS) is 14.2. The molecule has 0 fully saturated rings. The van der Waals surface area contributed by atoms with Crippen LogP contribution in [-0.2, 0) is 16.1 Å². The maximum atomic E-state index is 14.4. The zero-order chi connectivity index (χ0) is 33.8. The summed E-state index contributed by atoms with van der Waals surface area (Å²) in [5.74, 6) is 0.131. The fraction of sp³-hybridized carbons (Fsp3) is 0.135. The van der Waals surface area contributed by atoms with Crippen molar-refractivity contribution in [3.63, 3.8) is 0 Å². The molecule has 0 unspecified atom stereocenters. The summed E-state index contributed by atoms with van der Waals surface area (Å²) in [6.07, 6.45) is 3.84. The third-order valence-corrected chi connectivity index (χ3v) is 10.7. The van der Waals surface area contributed by atoms with E-state index in [-0.39, 0.29) is 12.2 Å². The summed E-state index contributed by atoms with van der Waals surface area (Å²) in [4.78, 5) is 34.7. The Bertz CT molecular complexity index is 2260. The molecular formula is C37H27I2N3O4S2. The van der Waals surface area contributed by atoms with E-state index in [0.29, 0.717) is 38.5 Å². The second kappa shape index (κ2) is 15.2. The lowest BCUT2D eigenvalue weighted by Crippen LogP contribution is -2.40. The summed E-state index contributed by atoms with van der Waals surface area (Å²) < 4.78 is 15.9. The van der Waals surface area contributed by atoms with Crippen LogP contribution < -0.4 is 19.6 Å². The van der Waals surface area contributed by atoms with Gasteiger partial charge in [-0.2, -0.15) is 5.26 Å². The third-order valence-electron chi connectivity index (χ3n) is 7.60. The van der Waals surface area contributed by atoms with E-state index in [1.807, 2.05) is 91.2 Å². The number of carbonyl (C=O) groups excluding carboxylic acids is 1. The largest absolute Gasteiger partial charge is 0.487 e. The van der Waals surface area contributed by atoms with Crippen molar-refractivity contribution in [1.82, 2.24) is 4.57 Å². The average Bonchev–Trinajstić information content (AvgIpc) is 3.41. The first-order chi connectivity index (χ1) is 23.3. The van der Waals surface area contributed by atoms with Gasteiger partial charge in [0.1, 0.15) is 12.4 Å². The summed E-state index contributed by atoms with van der Waals surface area (Å²) >= 11 is 7.40. The van der Waals surface area contributed by atoms with E-state index in [1.54, 1.807) is 35.4 Å². The molecule has 1 aliphatic heterocycles. The molecule has 0 bridgehead atoms. The molecular weight excluding hydrogens is 868 g/mol. The quantitative estimate of drug-likeness (QED) is 0.0876. The molecule has 1 aliphatic rings. The van der Waals surface area contributed by atoms with Gasteiger partial charge in [0.2, 0.25) is 0 Å². The number of carbonyl (C=O) groups is 1. The fourth-order valence-corrected chi connectivity index (χ4v) is 8.80. The van der Waals surface area contributed by atoms with Crippen LogP contribution in [0.5, 0.6) is 5.75 Å². The van der Waals surface area contributed by atoms with Crippen molar-refractivity contribution in [3.05, 3.63) is 151 Å². The number of hydrogen-bond donors (Lipinski definition) is 0. The number of thioether (sulfide) groups is 1. The van der Waals surface area contributed by atoms with Gasteiger partial charge in [-0.05, 0) is 112 Å². The lowest BCUT2D eigenvalue weighted by Gasteiger charge is -2.26. The van der Waals surface area contributed by atoms with Crippen LogP contribution in [0.2, 0.25) is 0 Å². The molecule has 5 aromatic rings. The minimum absolute atomic E-state index is 0.184. The lowest BCUT2D eigenvalue weighted by molar-refractivity contribution is -0.138. The predicted molar refractivity (Wildman–Crippen MR) is 207 cm³/mol.